The Morgan fingerprint density at radius 1 is 1.17 bits per heavy atom. The second-order valence-corrected chi connectivity index (χ2v) is 6.13. The summed E-state index contributed by atoms with van der Waals surface area (Å²) in [5, 5.41) is 2.93. The molecule has 24 heavy (non-hydrogen) atoms. The molecule has 126 valence electrons. The molecular weight excluding hydrogens is 317 g/mol. The van der Waals surface area contributed by atoms with Gasteiger partial charge in [0, 0.05) is 6.20 Å². The number of aryl methyl sites for hydroxylation is 1. The van der Waals surface area contributed by atoms with E-state index in [1.807, 2.05) is 31.2 Å². The average Bonchev–Trinajstić information content (AvgIpc) is 3.37. The van der Waals surface area contributed by atoms with E-state index in [-0.39, 0.29) is 11.6 Å². The van der Waals surface area contributed by atoms with E-state index in [4.69, 9.17) is 0 Å². The minimum atomic E-state index is -4.51. The molecule has 0 saturated heterocycles. The molecule has 3 rings (SSSR count). The average molecular weight is 334 g/mol. The summed E-state index contributed by atoms with van der Waals surface area (Å²) in [5.41, 5.74) is 1.26. The van der Waals surface area contributed by atoms with E-state index in [1.165, 1.54) is 0 Å². The van der Waals surface area contributed by atoms with Gasteiger partial charge >= 0.3 is 6.18 Å². The molecule has 1 aromatic carbocycles. The van der Waals surface area contributed by atoms with E-state index in [9.17, 15) is 18.0 Å². The minimum absolute atomic E-state index is 0.125. The van der Waals surface area contributed by atoms with Gasteiger partial charge in [-0.15, -0.1) is 0 Å². The van der Waals surface area contributed by atoms with Crippen molar-refractivity contribution in [1.29, 1.82) is 0 Å². The number of carbonyl (C=O) groups excluding carboxylic acids is 1. The lowest BCUT2D eigenvalue weighted by atomic mass is 10.0. The van der Waals surface area contributed by atoms with Gasteiger partial charge in [-0.3, -0.25) is 9.78 Å². The van der Waals surface area contributed by atoms with E-state index >= 15 is 0 Å². The zero-order valence-corrected chi connectivity index (χ0v) is 13.1. The number of nitrogens with one attached hydrogen (secondary N) is 1. The van der Waals surface area contributed by atoms with Gasteiger partial charge in [0.1, 0.15) is 5.69 Å². The van der Waals surface area contributed by atoms with Gasteiger partial charge in [-0.25, -0.2) is 0 Å². The fourth-order valence-electron chi connectivity index (χ4n) is 2.60. The standard InChI is InChI=1S/C18H17F3N2O/c1-11-2-4-12(5-3-11)16(13-6-7-13)23-17(24)14-8-9-15(22-10-14)18(19,20)21/h2-5,8-10,13,16H,6-7H2,1H3,(H,23,24). The smallest absolute Gasteiger partial charge is 0.345 e. The Morgan fingerprint density at radius 3 is 2.33 bits per heavy atom. The molecule has 2 aromatic rings. The molecule has 1 N–H and O–H groups in total. The Morgan fingerprint density at radius 2 is 1.83 bits per heavy atom. The normalized spacial score (nSPS) is 15.8. The van der Waals surface area contributed by atoms with E-state index in [0.717, 1.165) is 42.3 Å². The van der Waals surface area contributed by atoms with Crippen LogP contribution in [0.15, 0.2) is 42.6 Å². The van der Waals surface area contributed by atoms with Gasteiger partial charge in [-0.05, 0) is 43.4 Å². The summed E-state index contributed by atoms with van der Waals surface area (Å²) in [6.07, 6.45) is -1.47. The van der Waals surface area contributed by atoms with E-state index in [0.29, 0.717) is 5.92 Å². The Hall–Kier alpha value is -2.37. The van der Waals surface area contributed by atoms with Gasteiger partial charge in [0.15, 0.2) is 0 Å². The highest BCUT2D eigenvalue weighted by Gasteiger charge is 2.34. The van der Waals surface area contributed by atoms with Crippen LogP contribution >= 0.6 is 0 Å². The molecule has 1 fully saturated rings. The highest BCUT2D eigenvalue weighted by Crippen LogP contribution is 2.41. The van der Waals surface area contributed by atoms with Crippen molar-refractivity contribution in [3.05, 3.63) is 65.0 Å². The van der Waals surface area contributed by atoms with Gasteiger partial charge in [-0.2, -0.15) is 13.2 Å². The summed E-state index contributed by atoms with van der Waals surface area (Å²) in [4.78, 5) is 15.7. The number of pyridine rings is 1. The third kappa shape index (κ3) is 3.75. The van der Waals surface area contributed by atoms with Crippen molar-refractivity contribution in [1.82, 2.24) is 10.3 Å². The summed E-state index contributed by atoms with van der Waals surface area (Å²) in [6, 6.07) is 9.78. The summed E-state index contributed by atoms with van der Waals surface area (Å²) >= 11 is 0. The molecule has 1 heterocycles. The molecule has 1 amide bonds. The van der Waals surface area contributed by atoms with E-state index in [2.05, 4.69) is 10.3 Å². The fourth-order valence-corrected chi connectivity index (χ4v) is 2.60. The van der Waals surface area contributed by atoms with Crippen LogP contribution in [0.3, 0.4) is 0 Å². The van der Waals surface area contributed by atoms with Crippen LogP contribution in [0.5, 0.6) is 0 Å². The predicted molar refractivity (Wildman–Crippen MR) is 83.3 cm³/mol. The van der Waals surface area contributed by atoms with Crippen molar-refractivity contribution in [2.45, 2.75) is 32.0 Å². The number of benzene rings is 1. The second-order valence-electron chi connectivity index (χ2n) is 6.13. The molecule has 0 aliphatic heterocycles. The van der Waals surface area contributed by atoms with Crippen molar-refractivity contribution in [3.8, 4) is 0 Å². The molecule has 1 saturated carbocycles. The monoisotopic (exact) mass is 334 g/mol. The highest BCUT2D eigenvalue weighted by molar-refractivity contribution is 5.94. The van der Waals surface area contributed by atoms with Gasteiger partial charge in [0.05, 0.1) is 11.6 Å². The highest BCUT2D eigenvalue weighted by atomic mass is 19.4. The number of rotatable bonds is 4. The van der Waals surface area contributed by atoms with Crippen molar-refractivity contribution >= 4 is 5.91 Å². The quantitative estimate of drug-likeness (QED) is 0.906. The molecular formula is C18H17F3N2O. The van der Waals surface area contributed by atoms with Crippen LogP contribution < -0.4 is 5.32 Å². The Balaban J connectivity index is 1.75. The largest absolute Gasteiger partial charge is 0.433 e. The molecule has 1 aromatic heterocycles. The van der Waals surface area contributed by atoms with Crippen LogP contribution in [0, 0.1) is 12.8 Å². The Labute approximate surface area is 137 Å². The van der Waals surface area contributed by atoms with Crippen LogP contribution in [0.25, 0.3) is 0 Å². The maximum absolute atomic E-state index is 12.5. The maximum Gasteiger partial charge on any atom is 0.433 e. The van der Waals surface area contributed by atoms with Gasteiger partial charge < -0.3 is 5.32 Å². The third-order valence-corrected chi connectivity index (χ3v) is 4.13. The number of halogens is 3. The maximum atomic E-state index is 12.5. The third-order valence-electron chi connectivity index (χ3n) is 4.13. The van der Waals surface area contributed by atoms with Gasteiger partial charge in [0.25, 0.3) is 5.91 Å². The molecule has 1 atom stereocenters. The van der Waals surface area contributed by atoms with Gasteiger partial charge in [0.2, 0.25) is 0 Å². The first kappa shape index (κ1) is 16.5. The zero-order valence-electron chi connectivity index (χ0n) is 13.1. The number of nitrogens with zero attached hydrogens (tertiary/aromatic N) is 1. The lowest BCUT2D eigenvalue weighted by Gasteiger charge is -2.19. The van der Waals surface area contributed by atoms with Crippen LogP contribution in [-0.2, 0) is 6.18 Å². The first-order valence-corrected chi connectivity index (χ1v) is 7.75. The zero-order chi connectivity index (χ0) is 17.3. The molecule has 0 radical (unpaired) electrons. The van der Waals surface area contributed by atoms with Crippen molar-refractivity contribution in [3.63, 3.8) is 0 Å². The molecule has 0 bridgehead atoms. The fraction of sp³-hybridized carbons (Fsp3) is 0.333. The van der Waals surface area contributed by atoms with Gasteiger partial charge in [-0.1, -0.05) is 29.8 Å². The Kier molecular flexibility index (Phi) is 4.30. The molecule has 0 spiro atoms. The van der Waals surface area contributed by atoms with Crippen LogP contribution in [0.4, 0.5) is 13.2 Å². The molecule has 3 nitrogen and oxygen atoms in total. The number of amides is 1. The van der Waals surface area contributed by atoms with Crippen molar-refractivity contribution in [2.24, 2.45) is 5.92 Å². The SMILES string of the molecule is Cc1ccc(C(NC(=O)c2ccc(C(F)(F)F)nc2)C2CC2)cc1. The lowest BCUT2D eigenvalue weighted by molar-refractivity contribution is -0.141. The molecule has 1 aliphatic rings. The summed E-state index contributed by atoms with van der Waals surface area (Å²) in [6.45, 7) is 1.99. The van der Waals surface area contributed by atoms with E-state index < -0.39 is 17.8 Å². The van der Waals surface area contributed by atoms with Crippen molar-refractivity contribution in [2.75, 3.05) is 0 Å². The number of hydrogen-bond acceptors (Lipinski definition) is 2. The van der Waals surface area contributed by atoms with Crippen molar-refractivity contribution < 1.29 is 18.0 Å². The molecule has 1 unspecified atom stereocenters. The summed E-state index contributed by atoms with van der Waals surface area (Å²) in [5.74, 6) is -0.0345. The number of hydrogen-bond donors (Lipinski definition) is 1. The number of carbonyl (C=O) groups is 1. The number of alkyl halides is 3. The first-order chi connectivity index (χ1) is 11.3. The lowest BCUT2D eigenvalue weighted by Crippen LogP contribution is -2.30. The molecule has 1 aliphatic carbocycles. The van der Waals surface area contributed by atoms with Crippen LogP contribution in [-0.4, -0.2) is 10.9 Å². The van der Waals surface area contributed by atoms with E-state index in [1.54, 1.807) is 0 Å². The summed E-state index contributed by atoms with van der Waals surface area (Å²) in [7, 11) is 0. The predicted octanol–water partition coefficient (Wildman–Crippen LogP) is 4.29. The number of aromatic nitrogens is 1. The van der Waals surface area contributed by atoms with Crippen LogP contribution in [0.2, 0.25) is 0 Å². The van der Waals surface area contributed by atoms with Crippen LogP contribution in [0.1, 0.15) is 46.1 Å². The molecule has 6 heteroatoms. The summed E-state index contributed by atoms with van der Waals surface area (Å²) < 4.78 is 37.6. The first-order valence-electron chi connectivity index (χ1n) is 7.75. The second kappa shape index (κ2) is 6.26. The minimum Gasteiger partial charge on any atom is -0.345 e. The topological polar surface area (TPSA) is 42.0 Å². The Bertz CT molecular complexity index is 719.